The van der Waals surface area contributed by atoms with Gasteiger partial charge in [-0.1, -0.05) is 25.5 Å². The van der Waals surface area contributed by atoms with Crippen LogP contribution in [0.15, 0.2) is 24.3 Å². The summed E-state index contributed by atoms with van der Waals surface area (Å²) in [5.41, 5.74) is 1.07. The summed E-state index contributed by atoms with van der Waals surface area (Å²) in [6.45, 7) is 5.64. The van der Waals surface area contributed by atoms with Crippen LogP contribution < -0.4 is 4.74 Å². The quantitative estimate of drug-likeness (QED) is 0.797. The molecule has 1 aliphatic heterocycles. The predicted molar refractivity (Wildman–Crippen MR) is 70.7 cm³/mol. The summed E-state index contributed by atoms with van der Waals surface area (Å²) >= 11 is 0. The van der Waals surface area contributed by atoms with Gasteiger partial charge >= 0.3 is 0 Å². The molecule has 1 aromatic rings. The van der Waals surface area contributed by atoms with Crippen LogP contribution in [0.2, 0.25) is 0 Å². The zero-order valence-electron chi connectivity index (χ0n) is 11.2. The highest BCUT2D eigenvalue weighted by Gasteiger charge is 2.23. The second-order valence-electron chi connectivity index (χ2n) is 4.54. The molecule has 1 saturated heterocycles. The second kappa shape index (κ2) is 6.76. The highest BCUT2D eigenvalue weighted by atomic mass is 16.7. The summed E-state index contributed by atoms with van der Waals surface area (Å²) < 4.78 is 17.1. The van der Waals surface area contributed by atoms with Crippen molar-refractivity contribution >= 4 is 0 Å². The molecule has 2 atom stereocenters. The molecule has 3 nitrogen and oxygen atoms in total. The van der Waals surface area contributed by atoms with E-state index in [1.165, 1.54) is 0 Å². The Kier molecular flexibility index (Phi) is 5.02. The van der Waals surface area contributed by atoms with Crippen molar-refractivity contribution in [2.75, 3.05) is 13.2 Å². The SMILES string of the molecule is CCCC1CCOC(c2ccc(OCC)cc2)O1. The smallest absolute Gasteiger partial charge is 0.184 e. The molecule has 1 aliphatic rings. The highest BCUT2D eigenvalue weighted by Crippen LogP contribution is 2.29. The van der Waals surface area contributed by atoms with Gasteiger partial charge in [0.15, 0.2) is 6.29 Å². The van der Waals surface area contributed by atoms with Gasteiger partial charge in [0, 0.05) is 5.56 Å². The Balaban J connectivity index is 1.97. The third-order valence-corrected chi connectivity index (χ3v) is 3.10. The van der Waals surface area contributed by atoms with E-state index >= 15 is 0 Å². The van der Waals surface area contributed by atoms with E-state index in [2.05, 4.69) is 6.92 Å². The van der Waals surface area contributed by atoms with E-state index in [-0.39, 0.29) is 6.29 Å². The van der Waals surface area contributed by atoms with Crippen LogP contribution in [0.25, 0.3) is 0 Å². The van der Waals surface area contributed by atoms with Crippen molar-refractivity contribution in [3.8, 4) is 5.75 Å². The normalized spacial score (nSPS) is 23.9. The average molecular weight is 250 g/mol. The molecule has 1 heterocycles. The Bertz CT molecular complexity index is 345. The third-order valence-electron chi connectivity index (χ3n) is 3.10. The van der Waals surface area contributed by atoms with Gasteiger partial charge in [-0.3, -0.25) is 0 Å². The maximum absolute atomic E-state index is 5.95. The van der Waals surface area contributed by atoms with Crippen molar-refractivity contribution in [3.05, 3.63) is 29.8 Å². The van der Waals surface area contributed by atoms with Gasteiger partial charge in [-0.2, -0.15) is 0 Å². The van der Waals surface area contributed by atoms with Gasteiger partial charge in [0.05, 0.1) is 19.3 Å². The van der Waals surface area contributed by atoms with Crippen molar-refractivity contribution in [1.29, 1.82) is 0 Å². The summed E-state index contributed by atoms with van der Waals surface area (Å²) in [4.78, 5) is 0. The first-order valence-electron chi connectivity index (χ1n) is 6.83. The minimum atomic E-state index is -0.217. The number of hydrogen-bond acceptors (Lipinski definition) is 3. The Morgan fingerprint density at radius 1 is 1.22 bits per heavy atom. The van der Waals surface area contributed by atoms with E-state index in [9.17, 15) is 0 Å². The zero-order chi connectivity index (χ0) is 12.8. The number of ether oxygens (including phenoxy) is 3. The van der Waals surface area contributed by atoms with Crippen LogP contribution in [0.3, 0.4) is 0 Å². The van der Waals surface area contributed by atoms with E-state index in [1.807, 2.05) is 31.2 Å². The fourth-order valence-electron chi connectivity index (χ4n) is 2.19. The third kappa shape index (κ3) is 3.47. The molecule has 0 N–H and O–H groups in total. The lowest BCUT2D eigenvalue weighted by molar-refractivity contribution is -0.218. The van der Waals surface area contributed by atoms with Gasteiger partial charge in [-0.25, -0.2) is 0 Å². The van der Waals surface area contributed by atoms with Crippen LogP contribution in [0.4, 0.5) is 0 Å². The number of rotatable bonds is 5. The molecule has 1 fully saturated rings. The van der Waals surface area contributed by atoms with Gasteiger partial charge in [-0.05, 0) is 31.9 Å². The molecular weight excluding hydrogens is 228 g/mol. The van der Waals surface area contributed by atoms with Crippen molar-refractivity contribution < 1.29 is 14.2 Å². The van der Waals surface area contributed by atoms with Crippen LogP contribution in [-0.4, -0.2) is 19.3 Å². The molecule has 0 bridgehead atoms. The molecule has 2 unspecified atom stereocenters. The number of hydrogen-bond donors (Lipinski definition) is 0. The fourth-order valence-corrected chi connectivity index (χ4v) is 2.19. The summed E-state index contributed by atoms with van der Waals surface area (Å²) in [5, 5.41) is 0. The molecule has 0 saturated carbocycles. The zero-order valence-corrected chi connectivity index (χ0v) is 11.2. The van der Waals surface area contributed by atoms with Gasteiger partial charge in [0.1, 0.15) is 5.75 Å². The van der Waals surface area contributed by atoms with Crippen molar-refractivity contribution in [3.63, 3.8) is 0 Å². The van der Waals surface area contributed by atoms with E-state index in [0.717, 1.165) is 37.2 Å². The molecule has 0 spiro atoms. The van der Waals surface area contributed by atoms with Crippen LogP contribution in [0, 0.1) is 0 Å². The first kappa shape index (κ1) is 13.4. The largest absolute Gasteiger partial charge is 0.494 e. The van der Waals surface area contributed by atoms with Gasteiger partial charge in [0.25, 0.3) is 0 Å². The van der Waals surface area contributed by atoms with Crippen molar-refractivity contribution in [2.45, 2.75) is 45.5 Å². The van der Waals surface area contributed by atoms with E-state index < -0.39 is 0 Å². The summed E-state index contributed by atoms with van der Waals surface area (Å²) in [6, 6.07) is 7.97. The second-order valence-corrected chi connectivity index (χ2v) is 4.54. The average Bonchev–Trinajstić information content (AvgIpc) is 2.41. The first-order chi connectivity index (χ1) is 8.83. The van der Waals surface area contributed by atoms with E-state index in [1.54, 1.807) is 0 Å². The van der Waals surface area contributed by atoms with Gasteiger partial charge < -0.3 is 14.2 Å². The van der Waals surface area contributed by atoms with E-state index in [4.69, 9.17) is 14.2 Å². The fraction of sp³-hybridized carbons (Fsp3) is 0.600. The van der Waals surface area contributed by atoms with Crippen LogP contribution in [-0.2, 0) is 9.47 Å². The molecular formula is C15H22O3. The molecule has 0 amide bonds. The number of benzene rings is 1. The highest BCUT2D eigenvalue weighted by molar-refractivity contribution is 5.28. The molecule has 3 heteroatoms. The Hall–Kier alpha value is -1.06. The minimum absolute atomic E-state index is 0.217. The summed E-state index contributed by atoms with van der Waals surface area (Å²) in [5.74, 6) is 0.891. The lowest BCUT2D eigenvalue weighted by Gasteiger charge is -2.30. The molecule has 2 rings (SSSR count). The van der Waals surface area contributed by atoms with Crippen LogP contribution in [0.1, 0.15) is 45.0 Å². The van der Waals surface area contributed by atoms with Crippen molar-refractivity contribution in [2.24, 2.45) is 0 Å². The molecule has 1 aromatic carbocycles. The van der Waals surface area contributed by atoms with Gasteiger partial charge in [0.2, 0.25) is 0 Å². The maximum atomic E-state index is 5.95. The summed E-state index contributed by atoms with van der Waals surface area (Å²) in [6.07, 6.45) is 3.38. The molecule has 100 valence electrons. The van der Waals surface area contributed by atoms with Gasteiger partial charge in [-0.15, -0.1) is 0 Å². The monoisotopic (exact) mass is 250 g/mol. The van der Waals surface area contributed by atoms with E-state index in [0.29, 0.717) is 12.7 Å². The Morgan fingerprint density at radius 2 is 2.00 bits per heavy atom. The topological polar surface area (TPSA) is 27.7 Å². The molecule has 0 radical (unpaired) electrons. The van der Waals surface area contributed by atoms with Crippen LogP contribution >= 0.6 is 0 Å². The molecule has 0 aliphatic carbocycles. The Labute approximate surface area is 109 Å². The lowest BCUT2D eigenvalue weighted by Crippen LogP contribution is -2.26. The molecule has 0 aromatic heterocycles. The Morgan fingerprint density at radius 3 is 2.67 bits per heavy atom. The molecule has 18 heavy (non-hydrogen) atoms. The minimum Gasteiger partial charge on any atom is -0.494 e. The van der Waals surface area contributed by atoms with Crippen LogP contribution in [0.5, 0.6) is 5.75 Å². The standard InChI is InChI=1S/C15H22O3/c1-3-5-14-10-11-17-15(18-14)12-6-8-13(9-7-12)16-4-2/h6-9,14-15H,3-5,10-11H2,1-2H3. The summed E-state index contributed by atoms with van der Waals surface area (Å²) in [7, 11) is 0. The maximum Gasteiger partial charge on any atom is 0.184 e. The predicted octanol–water partition coefficient (Wildman–Crippen LogP) is 3.69. The lowest BCUT2D eigenvalue weighted by atomic mass is 10.1. The van der Waals surface area contributed by atoms with Crippen molar-refractivity contribution in [1.82, 2.24) is 0 Å². The first-order valence-corrected chi connectivity index (χ1v) is 6.83.